The SMILES string of the molecule is Cc1cccc(C(c2cccc(F)c2)N2CCCNCC2)n1. The Balaban J connectivity index is 2.01. The lowest BCUT2D eigenvalue weighted by molar-refractivity contribution is 0.237. The van der Waals surface area contributed by atoms with Crippen molar-refractivity contribution in [2.45, 2.75) is 19.4 Å². The minimum atomic E-state index is -0.192. The molecule has 1 aromatic heterocycles. The first kappa shape index (κ1) is 15.1. The zero-order chi connectivity index (χ0) is 15.4. The van der Waals surface area contributed by atoms with Gasteiger partial charge in [0.25, 0.3) is 0 Å². The van der Waals surface area contributed by atoms with E-state index in [2.05, 4.69) is 10.2 Å². The number of aryl methyl sites for hydroxylation is 1. The number of nitrogens with zero attached hydrogens (tertiary/aromatic N) is 2. The summed E-state index contributed by atoms with van der Waals surface area (Å²) in [4.78, 5) is 7.10. The molecule has 1 unspecified atom stereocenters. The number of rotatable bonds is 3. The molecule has 0 saturated carbocycles. The van der Waals surface area contributed by atoms with Gasteiger partial charge in [-0.05, 0) is 49.7 Å². The van der Waals surface area contributed by atoms with Crippen molar-refractivity contribution in [3.05, 3.63) is 65.2 Å². The standard InChI is InChI=1S/C18H22FN3/c1-14-5-2-8-17(21-14)18(15-6-3-7-16(19)13-15)22-11-4-9-20-10-12-22/h2-3,5-8,13,18,20H,4,9-12H2,1H3. The molecule has 0 spiro atoms. The van der Waals surface area contributed by atoms with E-state index in [1.54, 1.807) is 12.1 Å². The topological polar surface area (TPSA) is 28.2 Å². The molecule has 4 heteroatoms. The van der Waals surface area contributed by atoms with Crippen molar-refractivity contribution in [2.24, 2.45) is 0 Å². The molecule has 116 valence electrons. The number of hydrogen-bond donors (Lipinski definition) is 1. The summed E-state index contributed by atoms with van der Waals surface area (Å²) in [6, 6.07) is 13.0. The number of nitrogens with one attached hydrogen (secondary N) is 1. The van der Waals surface area contributed by atoms with Crippen LogP contribution < -0.4 is 5.32 Å². The van der Waals surface area contributed by atoms with E-state index in [1.807, 2.05) is 31.2 Å². The predicted octanol–water partition coefficient (Wildman–Crippen LogP) is 2.91. The molecular weight excluding hydrogens is 277 g/mol. The fourth-order valence-corrected chi connectivity index (χ4v) is 3.09. The number of aromatic nitrogens is 1. The van der Waals surface area contributed by atoms with E-state index in [1.165, 1.54) is 6.07 Å². The van der Waals surface area contributed by atoms with Crippen molar-refractivity contribution >= 4 is 0 Å². The van der Waals surface area contributed by atoms with Gasteiger partial charge >= 0.3 is 0 Å². The lowest BCUT2D eigenvalue weighted by Crippen LogP contribution is -2.33. The van der Waals surface area contributed by atoms with E-state index in [0.717, 1.165) is 49.6 Å². The Hall–Kier alpha value is -1.78. The van der Waals surface area contributed by atoms with Crippen molar-refractivity contribution in [2.75, 3.05) is 26.2 Å². The van der Waals surface area contributed by atoms with Crippen LogP contribution in [0.4, 0.5) is 4.39 Å². The zero-order valence-corrected chi connectivity index (χ0v) is 12.9. The largest absolute Gasteiger partial charge is 0.315 e. The van der Waals surface area contributed by atoms with E-state index in [-0.39, 0.29) is 11.9 Å². The Kier molecular flexibility index (Phi) is 4.80. The second-order valence-electron chi connectivity index (χ2n) is 5.80. The van der Waals surface area contributed by atoms with Gasteiger partial charge in [-0.2, -0.15) is 0 Å². The predicted molar refractivity (Wildman–Crippen MR) is 86.3 cm³/mol. The van der Waals surface area contributed by atoms with Crippen LogP contribution in [-0.2, 0) is 0 Å². The molecule has 1 aromatic carbocycles. The first-order valence-corrected chi connectivity index (χ1v) is 7.88. The first-order valence-electron chi connectivity index (χ1n) is 7.88. The maximum Gasteiger partial charge on any atom is 0.123 e. The molecule has 0 aliphatic carbocycles. The summed E-state index contributed by atoms with van der Waals surface area (Å²) in [5.74, 6) is -0.192. The molecule has 1 fully saturated rings. The van der Waals surface area contributed by atoms with E-state index >= 15 is 0 Å². The van der Waals surface area contributed by atoms with Crippen LogP contribution in [-0.4, -0.2) is 36.1 Å². The molecule has 0 amide bonds. The minimum absolute atomic E-state index is 0.00972. The van der Waals surface area contributed by atoms with Gasteiger partial charge in [0.05, 0.1) is 11.7 Å². The van der Waals surface area contributed by atoms with Crippen LogP contribution in [0.3, 0.4) is 0 Å². The smallest absolute Gasteiger partial charge is 0.123 e. The normalized spacial score (nSPS) is 17.9. The van der Waals surface area contributed by atoms with Gasteiger partial charge in [-0.3, -0.25) is 9.88 Å². The van der Waals surface area contributed by atoms with E-state index in [9.17, 15) is 4.39 Å². The summed E-state index contributed by atoms with van der Waals surface area (Å²) in [7, 11) is 0. The molecule has 2 heterocycles. The highest BCUT2D eigenvalue weighted by atomic mass is 19.1. The van der Waals surface area contributed by atoms with E-state index in [4.69, 9.17) is 4.98 Å². The van der Waals surface area contributed by atoms with Gasteiger partial charge in [0.2, 0.25) is 0 Å². The van der Waals surface area contributed by atoms with Gasteiger partial charge in [-0.1, -0.05) is 18.2 Å². The van der Waals surface area contributed by atoms with Crippen LogP contribution in [0.5, 0.6) is 0 Å². The molecule has 1 aliphatic heterocycles. The first-order chi connectivity index (χ1) is 10.7. The van der Waals surface area contributed by atoms with Crippen LogP contribution in [0.25, 0.3) is 0 Å². The molecule has 0 bridgehead atoms. The Morgan fingerprint density at radius 1 is 1.14 bits per heavy atom. The monoisotopic (exact) mass is 299 g/mol. The number of pyridine rings is 1. The van der Waals surface area contributed by atoms with Gasteiger partial charge in [0, 0.05) is 25.3 Å². The van der Waals surface area contributed by atoms with Gasteiger partial charge in [0.15, 0.2) is 0 Å². The summed E-state index contributed by atoms with van der Waals surface area (Å²) >= 11 is 0. The van der Waals surface area contributed by atoms with Gasteiger partial charge in [0.1, 0.15) is 5.82 Å². The highest BCUT2D eigenvalue weighted by molar-refractivity contribution is 5.29. The summed E-state index contributed by atoms with van der Waals surface area (Å²) in [5.41, 5.74) is 2.96. The lowest BCUT2D eigenvalue weighted by Gasteiger charge is -2.30. The molecule has 1 aliphatic rings. The number of halogens is 1. The highest BCUT2D eigenvalue weighted by Crippen LogP contribution is 2.28. The molecule has 3 rings (SSSR count). The molecule has 1 N–H and O–H groups in total. The molecule has 2 aromatic rings. The minimum Gasteiger partial charge on any atom is -0.315 e. The van der Waals surface area contributed by atoms with Gasteiger partial charge in [-0.25, -0.2) is 4.39 Å². The zero-order valence-electron chi connectivity index (χ0n) is 12.9. The summed E-state index contributed by atoms with van der Waals surface area (Å²) in [6.45, 7) is 5.92. The molecular formula is C18H22FN3. The number of benzene rings is 1. The van der Waals surface area contributed by atoms with Crippen LogP contribution in [0.1, 0.15) is 29.4 Å². The fraction of sp³-hybridized carbons (Fsp3) is 0.389. The molecule has 22 heavy (non-hydrogen) atoms. The second kappa shape index (κ2) is 6.99. The molecule has 1 atom stereocenters. The summed E-state index contributed by atoms with van der Waals surface area (Å²) < 4.78 is 13.7. The molecule has 0 radical (unpaired) electrons. The lowest BCUT2D eigenvalue weighted by atomic mass is 10.0. The van der Waals surface area contributed by atoms with Crippen molar-refractivity contribution < 1.29 is 4.39 Å². The maximum atomic E-state index is 13.7. The summed E-state index contributed by atoms with van der Waals surface area (Å²) in [6.07, 6.45) is 1.09. The Bertz CT molecular complexity index is 576. The Morgan fingerprint density at radius 2 is 2.00 bits per heavy atom. The maximum absolute atomic E-state index is 13.7. The Morgan fingerprint density at radius 3 is 2.82 bits per heavy atom. The summed E-state index contributed by atoms with van der Waals surface area (Å²) in [5, 5.41) is 3.42. The second-order valence-corrected chi connectivity index (χ2v) is 5.80. The van der Waals surface area contributed by atoms with Crippen molar-refractivity contribution in [3.63, 3.8) is 0 Å². The van der Waals surface area contributed by atoms with Crippen LogP contribution in [0.2, 0.25) is 0 Å². The third kappa shape index (κ3) is 3.51. The Labute approximate surface area is 131 Å². The average Bonchev–Trinajstić information content (AvgIpc) is 2.77. The highest BCUT2D eigenvalue weighted by Gasteiger charge is 2.24. The third-order valence-corrected chi connectivity index (χ3v) is 4.09. The fourth-order valence-electron chi connectivity index (χ4n) is 3.09. The van der Waals surface area contributed by atoms with Gasteiger partial charge < -0.3 is 5.32 Å². The van der Waals surface area contributed by atoms with E-state index < -0.39 is 0 Å². The van der Waals surface area contributed by atoms with E-state index in [0.29, 0.717) is 0 Å². The average molecular weight is 299 g/mol. The van der Waals surface area contributed by atoms with Crippen molar-refractivity contribution in [3.8, 4) is 0 Å². The third-order valence-electron chi connectivity index (χ3n) is 4.09. The van der Waals surface area contributed by atoms with Crippen LogP contribution in [0.15, 0.2) is 42.5 Å². The molecule has 3 nitrogen and oxygen atoms in total. The number of hydrogen-bond acceptors (Lipinski definition) is 3. The van der Waals surface area contributed by atoms with Crippen LogP contribution >= 0.6 is 0 Å². The van der Waals surface area contributed by atoms with Gasteiger partial charge in [-0.15, -0.1) is 0 Å². The van der Waals surface area contributed by atoms with Crippen molar-refractivity contribution in [1.29, 1.82) is 0 Å². The van der Waals surface area contributed by atoms with Crippen molar-refractivity contribution in [1.82, 2.24) is 15.2 Å². The van der Waals surface area contributed by atoms with Crippen LogP contribution in [0, 0.1) is 12.7 Å². The quantitative estimate of drug-likeness (QED) is 0.944. The molecule has 1 saturated heterocycles.